The predicted octanol–water partition coefficient (Wildman–Crippen LogP) is 1.95. The largest absolute Gasteiger partial charge is 0.338 e. The van der Waals surface area contributed by atoms with Crippen LogP contribution < -0.4 is 5.32 Å². The molecule has 1 aromatic carbocycles. The molecule has 0 aliphatic rings. The summed E-state index contributed by atoms with van der Waals surface area (Å²) in [5.74, 6) is 0.164. The van der Waals surface area contributed by atoms with E-state index in [1.165, 1.54) is 11.1 Å². The molecule has 1 rings (SSSR count). The van der Waals surface area contributed by atoms with E-state index in [0.717, 1.165) is 13.1 Å². The van der Waals surface area contributed by atoms with Crippen molar-refractivity contribution < 1.29 is 4.79 Å². The average molecular weight is 234 g/mol. The Morgan fingerprint density at radius 2 is 2.00 bits per heavy atom. The van der Waals surface area contributed by atoms with Gasteiger partial charge in [-0.25, -0.2) is 0 Å². The first kappa shape index (κ1) is 13.7. The molecule has 0 aromatic heterocycles. The first-order valence-corrected chi connectivity index (χ1v) is 6.22. The number of hydrogen-bond acceptors (Lipinski definition) is 2. The molecule has 0 spiro atoms. The van der Waals surface area contributed by atoms with Crippen molar-refractivity contribution in [2.75, 3.05) is 19.6 Å². The lowest BCUT2D eigenvalue weighted by atomic mass is 10.1. The van der Waals surface area contributed by atoms with Crippen molar-refractivity contribution in [3.8, 4) is 0 Å². The highest BCUT2D eigenvalue weighted by molar-refractivity contribution is 5.78. The maximum absolute atomic E-state index is 11.9. The van der Waals surface area contributed by atoms with Crippen LogP contribution in [-0.4, -0.2) is 30.4 Å². The van der Waals surface area contributed by atoms with Crippen LogP contribution in [0, 0.1) is 6.92 Å². The van der Waals surface area contributed by atoms with Gasteiger partial charge in [-0.15, -0.1) is 0 Å². The van der Waals surface area contributed by atoms with Crippen molar-refractivity contribution in [1.29, 1.82) is 0 Å². The van der Waals surface area contributed by atoms with Crippen LogP contribution in [0.5, 0.6) is 0 Å². The highest BCUT2D eigenvalue weighted by Crippen LogP contribution is 2.10. The van der Waals surface area contributed by atoms with E-state index in [2.05, 4.69) is 24.4 Å². The number of likely N-dealkylation sites (N-methyl/N-ethyl adjacent to an activating group) is 2. The van der Waals surface area contributed by atoms with Gasteiger partial charge in [0.25, 0.3) is 0 Å². The number of aryl methyl sites for hydroxylation is 1. The quantitative estimate of drug-likeness (QED) is 0.816. The van der Waals surface area contributed by atoms with Crippen molar-refractivity contribution in [3.05, 3.63) is 35.4 Å². The first-order chi connectivity index (χ1) is 8.19. The molecule has 94 valence electrons. The zero-order valence-electron chi connectivity index (χ0n) is 11.0. The summed E-state index contributed by atoms with van der Waals surface area (Å²) < 4.78 is 0. The standard InChI is InChI=1S/C14H22N2O/c1-4-15-10-14(17)16(5-2)11-13-9-7-6-8-12(13)3/h6-9,15H,4-5,10-11H2,1-3H3. The number of hydrogen-bond donors (Lipinski definition) is 1. The van der Waals surface area contributed by atoms with Crippen LogP contribution in [0.15, 0.2) is 24.3 Å². The van der Waals surface area contributed by atoms with E-state index in [9.17, 15) is 4.79 Å². The van der Waals surface area contributed by atoms with E-state index in [1.54, 1.807) is 0 Å². The maximum Gasteiger partial charge on any atom is 0.236 e. The molecule has 1 amide bonds. The minimum atomic E-state index is 0.164. The van der Waals surface area contributed by atoms with Gasteiger partial charge in [0.05, 0.1) is 6.54 Å². The summed E-state index contributed by atoms with van der Waals surface area (Å²) >= 11 is 0. The molecule has 0 unspecified atom stereocenters. The lowest BCUT2D eigenvalue weighted by molar-refractivity contribution is -0.130. The highest BCUT2D eigenvalue weighted by Gasteiger charge is 2.11. The van der Waals surface area contributed by atoms with Gasteiger partial charge in [-0.1, -0.05) is 31.2 Å². The molecule has 0 fully saturated rings. The van der Waals surface area contributed by atoms with Gasteiger partial charge in [-0.2, -0.15) is 0 Å². The number of carbonyl (C=O) groups excluding carboxylic acids is 1. The van der Waals surface area contributed by atoms with Crippen molar-refractivity contribution in [2.45, 2.75) is 27.3 Å². The summed E-state index contributed by atoms with van der Waals surface area (Å²) in [5, 5.41) is 3.07. The van der Waals surface area contributed by atoms with E-state index >= 15 is 0 Å². The molecular weight excluding hydrogens is 212 g/mol. The number of benzene rings is 1. The molecule has 3 nitrogen and oxygen atoms in total. The normalized spacial score (nSPS) is 10.3. The Morgan fingerprint density at radius 3 is 2.59 bits per heavy atom. The fraction of sp³-hybridized carbons (Fsp3) is 0.500. The molecule has 0 heterocycles. The molecule has 3 heteroatoms. The van der Waals surface area contributed by atoms with Crippen LogP contribution in [0.4, 0.5) is 0 Å². The Bertz CT molecular complexity index is 363. The first-order valence-electron chi connectivity index (χ1n) is 6.22. The third-order valence-corrected chi connectivity index (χ3v) is 2.88. The molecule has 17 heavy (non-hydrogen) atoms. The second-order valence-corrected chi connectivity index (χ2v) is 4.11. The van der Waals surface area contributed by atoms with Gasteiger partial charge in [-0.05, 0) is 31.5 Å². The van der Waals surface area contributed by atoms with Crippen molar-refractivity contribution in [2.24, 2.45) is 0 Å². The molecule has 0 radical (unpaired) electrons. The van der Waals surface area contributed by atoms with Gasteiger partial charge in [0, 0.05) is 13.1 Å². The summed E-state index contributed by atoms with van der Waals surface area (Å²) in [6.45, 7) is 8.81. The van der Waals surface area contributed by atoms with Crippen LogP contribution in [0.3, 0.4) is 0 Å². The summed E-state index contributed by atoms with van der Waals surface area (Å²) in [6, 6.07) is 8.21. The monoisotopic (exact) mass is 234 g/mol. The topological polar surface area (TPSA) is 32.3 Å². The van der Waals surface area contributed by atoms with Gasteiger partial charge < -0.3 is 10.2 Å². The fourth-order valence-corrected chi connectivity index (χ4v) is 1.71. The van der Waals surface area contributed by atoms with E-state index in [-0.39, 0.29) is 5.91 Å². The molecule has 1 aromatic rings. The lowest BCUT2D eigenvalue weighted by Gasteiger charge is -2.22. The van der Waals surface area contributed by atoms with Crippen molar-refractivity contribution >= 4 is 5.91 Å². The Morgan fingerprint density at radius 1 is 1.29 bits per heavy atom. The highest BCUT2D eigenvalue weighted by atomic mass is 16.2. The van der Waals surface area contributed by atoms with E-state index in [0.29, 0.717) is 13.1 Å². The Kier molecular flexibility index (Phi) is 5.70. The fourth-order valence-electron chi connectivity index (χ4n) is 1.71. The van der Waals surface area contributed by atoms with E-state index < -0.39 is 0 Å². The summed E-state index contributed by atoms with van der Waals surface area (Å²) in [5.41, 5.74) is 2.46. The van der Waals surface area contributed by atoms with Crippen LogP contribution in [0.2, 0.25) is 0 Å². The molecule has 0 aliphatic carbocycles. The second kappa shape index (κ2) is 7.07. The van der Waals surface area contributed by atoms with Crippen LogP contribution in [0.25, 0.3) is 0 Å². The number of amides is 1. The second-order valence-electron chi connectivity index (χ2n) is 4.11. The lowest BCUT2D eigenvalue weighted by Crippen LogP contribution is -2.37. The van der Waals surface area contributed by atoms with Crippen molar-refractivity contribution in [3.63, 3.8) is 0 Å². The smallest absolute Gasteiger partial charge is 0.236 e. The van der Waals surface area contributed by atoms with E-state index in [1.807, 2.05) is 30.9 Å². The van der Waals surface area contributed by atoms with Crippen LogP contribution in [0.1, 0.15) is 25.0 Å². The third kappa shape index (κ3) is 4.19. The molecule has 0 saturated carbocycles. The third-order valence-electron chi connectivity index (χ3n) is 2.88. The average Bonchev–Trinajstić information content (AvgIpc) is 2.35. The molecule has 0 saturated heterocycles. The SMILES string of the molecule is CCNCC(=O)N(CC)Cc1ccccc1C. The number of rotatable bonds is 6. The van der Waals surface area contributed by atoms with Gasteiger partial charge >= 0.3 is 0 Å². The number of nitrogens with one attached hydrogen (secondary N) is 1. The van der Waals surface area contributed by atoms with Crippen LogP contribution >= 0.6 is 0 Å². The van der Waals surface area contributed by atoms with Gasteiger partial charge in [0.1, 0.15) is 0 Å². The van der Waals surface area contributed by atoms with Crippen LogP contribution in [-0.2, 0) is 11.3 Å². The Hall–Kier alpha value is -1.35. The predicted molar refractivity (Wildman–Crippen MR) is 70.8 cm³/mol. The minimum absolute atomic E-state index is 0.164. The summed E-state index contributed by atoms with van der Waals surface area (Å²) in [4.78, 5) is 13.8. The Balaban J connectivity index is 2.63. The summed E-state index contributed by atoms with van der Waals surface area (Å²) in [7, 11) is 0. The molecule has 1 N–H and O–H groups in total. The molecule has 0 bridgehead atoms. The van der Waals surface area contributed by atoms with E-state index in [4.69, 9.17) is 0 Å². The minimum Gasteiger partial charge on any atom is -0.338 e. The zero-order valence-corrected chi connectivity index (χ0v) is 11.0. The number of carbonyl (C=O) groups is 1. The van der Waals surface area contributed by atoms with Crippen molar-refractivity contribution in [1.82, 2.24) is 10.2 Å². The summed E-state index contributed by atoms with van der Waals surface area (Å²) in [6.07, 6.45) is 0. The van der Waals surface area contributed by atoms with Gasteiger partial charge in [-0.3, -0.25) is 4.79 Å². The zero-order chi connectivity index (χ0) is 12.7. The maximum atomic E-state index is 11.9. The van der Waals surface area contributed by atoms with Gasteiger partial charge in [0.2, 0.25) is 5.91 Å². The Labute approximate surface area is 104 Å². The molecule has 0 atom stereocenters. The molecule has 0 aliphatic heterocycles. The number of nitrogens with zero attached hydrogens (tertiary/aromatic N) is 1. The van der Waals surface area contributed by atoms with Gasteiger partial charge in [0.15, 0.2) is 0 Å². The molecular formula is C14H22N2O.